The van der Waals surface area contributed by atoms with Gasteiger partial charge in [0.2, 0.25) is 10.2 Å². The fourth-order valence-corrected chi connectivity index (χ4v) is 0.851. The van der Waals surface area contributed by atoms with Gasteiger partial charge in [0.25, 0.3) is 0 Å². The molecule has 0 heterocycles. The van der Waals surface area contributed by atoms with E-state index >= 15 is 0 Å². The molecule has 7 heavy (non-hydrogen) atoms. The van der Waals surface area contributed by atoms with Crippen molar-refractivity contribution in [2.75, 3.05) is 19.1 Å². The molecule has 0 aromatic heterocycles. The van der Waals surface area contributed by atoms with Crippen molar-refractivity contribution in [3.05, 3.63) is 0 Å². The fourth-order valence-electron chi connectivity index (χ4n) is 0.284. The minimum atomic E-state index is -1.92. The summed E-state index contributed by atoms with van der Waals surface area (Å²) in [5, 5.41) is 0. The number of hydrogen-bond donors (Lipinski definition) is 0. The van der Waals surface area contributed by atoms with Gasteiger partial charge < -0.3 is 0 Å². The topological polar surface area (TPSA) is 26.3 Å². The minimum Gasteiger partial charge on any atom is -0.174 e. The van der Waals surface area contributed by atoms with Gasteiger partial charge in [0.15, 0.2) is 0 Å². The van der Waals surface area contributed by atoms with Crippen LogP contribution in [0.5, 0.6) is 0 Å². The van der Waals surface area contributed by atoms with Crippen molar-refractivity contribution in [1.29, 1.82) is 0 Å². The second-order valence-corrected chi connectivity index (χ2v) is 4.07. The molecule has 0 radical (unpaired) electrons. The first-order valence-corrected chi connectivity index (χ1v) is 4.45. The smallest absolute Gasteiger partial charge is 0.174 e. The standard InChI is InChI=1S/C4H11O2S/c1-4-6-7(2,3)5/h4H2,1-3H3/q+1. The molecular formula is C4H11O2S+. The van der Waals surface area contributed by atoms with Crippen molar-refractivity contribution in [3.8, 4) is 0 Å². The SMILES string of the molecule is CCO[S+](C)(C)=O. The minimum absolute atomic E-state index is 0.534. The first kappa shape index (κ1) is 7.11. The first-order chi connectivity index (χ1) is 3.06. The van der Waals surface area contributed by atoms with Crippen molar-refractivity contribution in [1.82, 2.24) is 0 Å². The van der Waals surface area contributed by atoms with Crippen molar-refractivity contribution >= 4 is 10.2 Å². The molecule has 0 aliphatic heterocycles. The van der Waals surface area contributed by atoms with E-state index in [1.807, 2.05) is 6.92 Å². The predicted molar refractivity (Wildman–Crippen MR) is 31.5 cm³/mol. The normalized spacial score (nSPS) is 11.9. The summed E-state index contributed by atoms with van der Waals surface area (Å²) in [7, 11) is -1.92. The molecule has 44 valence electrons. The van der Waals surface area contributed by atoms with Crippen molar-refractivity contribution in [2.45, 2.75) is 6.92 Å². The molecular weight excluding hydrogens is 112 g/mol. The second-order valence-electron chi connectivity index (χ2n) is 1.55. The highest BCUT2D eigenvalue weighted by Crippen LogP contribution is 1.93. The lowest BCUT2D eigenvalue weighted by Crippen LogP contribution is -2.08. The summed E-state index contributed by atoms with van der Waals surface area (Å²) in [6, 6.07) is 0. The van der Waals surface area contributed by atoms with E-state index in [4.69, 9.17) is 4.18 Å². The Morgan fingerprint density at radius 3 is 2.00 bits per heavy atom. The lowest BCUT2D eigenvalue weighted by atomic mass is 10.9. The molecule has 0 bridgehead atoms. The lowest BCUT2D eigenvalue weighted by molar-refractivity contribution is 0.355. The maximum Gasteiger partial charge on any atom is 0.211 e. The van der Waals surface area contributed by atoms with Crippen LogP contribution in [0, 0.1) is 0 Å². The summed E-state index contributed by atoms with van der Waals surface area (Å²) < 4.78 is 15.3. The highest BCUT2D eigenvalue weighted by atomic mass is 32.3. The number of hydrogen-bond acceptors (Lipinski definition) is 2. The van der Waals surface area contributed by atoms with E-state index in [2.05, 4.69) is 0 Å². The molecule has 0 aromatic rings. The molecule has 0 amide bonds. The van der Waals surface area contributed by atoms with Crippen molar-refractivity contribution in [2.24, 2.45) is 0 Å². The zero-order chi connectivity index (χ0) is 5.91. The van der Waals surface area contributed by atoms with E-state index < -0.39 is 10.2 Å². The summed E-state index contributed by atoms with van der Waals surface area (Å²) in [5.41, 5.74) is 0. The Morgan fingerprint density at radius 1 is 1.57 bits per heavy atom. The van der Waals surface area contributed by atoms with Crippen molar-refractivity contribution in [3.63, 3.8) is 0 Å². The maximum atomic E-state index is 10.6. The summed E-state index contributed by atoms with van der Waals surface area (Å²) in [5.74, 6) is 0. The Hall–Kier alpha value is 0.110. The number of rotatable bonds is 2. The van der Waals surface area contributed by atoms with Gasteiger partial charge in [0.05, 0.1) is 0 Å². The molecule has 0 spiro atoms. The molecule has 2 nitrogen and oxygen atoms in total. The van der Waals surface area contributed by atoms with E-state index in [0.717, 1.165) is 0 Å². The van der Waals surface area contributed by atoms with E-state index in [1.54, 1.807) is 12.5 Å². The first-order valence-electron chi connectivity index (χ1n) is 2.15. The van der Waals surface area contributed by atoms with Gasteiger partial charge in [-0.3, -0.25) is 0 Å². The van der Waals surface area contributed by atoms with Crippen molar-refractivity contribution < 1.29 is 8.39 Å². The van der Waals surface area contributed by atoms with Crippen LogP contribution < -0.4 is 0 Å². The van der Waals surface area contributed by atoms with Crippen LogP contribution in [0.2, 0.25) is 0 Å². The zero-order valence-electron chi connectivity index (χ0n) is 4.93. The Balaban J connectivity index is 3.36. The third-order valence-corrected chi connectivity index (χ3v) is 1.20. The quantitative estimate of drug-likeness (QED) is 0.505. The molecule has 0 aromatic carbocycles. The largest absolute Gasteiger partial charge is 0.211 e. The van der Waals surface area contributed by atoms with Crippen LogP contribution in [0.25, 0.3) is 0 Å². The van der Waals surface area contributed by atoms with Crippen LogP contribution in [0.4, 0.5) is 0 Å². The van der Waals surface area contributed by atoms with Gasteiger partial charge in [-0.2, -0.15) is 4.18 Å². The van der Waals surface area contributed by atoms with Crippen LogP contribution in [0.3, 0.4) is 0 Å². The van der Waals surface area contributed by atoms with Gasteiger partial charge in [-0.05, 0) is 6.92 Å². The second kappa shape index (κ2) is 2.43. The highest BCUT2D eigenvalue weighted by molar-refractivity contribution is 7.97. The summed E-state index contributed by atoms with van der Waals surface area (Å²) in [6.07, 6.45) is 3.16. The Bertz CT molecular complexity index is 83.7. The van der Waals surface area contributed by atoms with Gasteiger partial charge in [0, 0.05) is 0 Å². The zero-order valence-corrected chi connectivity index (χ0v) is 5.75. The maximum absolute atomic E-state index is 10.6. The molecule has 0 saturated carbocycles. The molecule has 0 rings (SSSR count). The Morgan fingerprint density at radius 2 is 2.00 bits per heavy atom. The predicted octanol–water partition coefficient (Wildman–Crippen LogP) is 0.697. The van der Waals surface area contributed by atoms with Gasteiger partial charge >= 0.3 is 0 Å². The van der Waals surface area contributed by atoms with Crippen LogP contribution >= 0.6 is 0 Å². The average molecular weight is 123 g/mol. The van der Waals surface area contributed by atoms with Crippen LogP contribution in [0.15, 0.2) is 0 Å². The van der Waals surface area contributed by atoms with E-state index in [1.165, 1.54) is 0 Å². The van der Waals surface area contributed by atoms with Gasteiger partial charge in [0.1, 0.15) is 19.1 Å². The summed E-state index contributed by atoms with van der Waals surface area (Å²) in [4.78, 5) is 0. The Kier molecular flexibility index (Phi) is 2.46. The Labute approximate surface area is 45.5 Å². The molecule has 0 fully saturated rings. The van der Waals surface area contributed by atoms with Gasteiger partial charge in [-0.25, -0.2) is 0 Å². The van der Waals surface area contributed by atoms with E-state index in [0.29, 0.717) is 6.61 Å². The molecule has 0 aliphatic rings. The highest BCUT2D eigenvalue weighted by Gasteiger charge is 2.09. The van der Waals surface area contributed by atoms with Gasteiger partial charge in [-0.1, -0.05) is 4.21 Å². The monoisotopic (exact) mass is 123 g/mol. The molecule has 3 heteroatoms. The van der Waals surface area contributed by atoms with Crippen LogP contribution in [-0.2, 0) is 18.6 Å². The molecule has 0 atom stereocenters. The van der Waals surface area contributed by atoms with E-state index in [9.17, 15) is 4.21 Å². The molecule has 0 aliphatic carbocycles. The summed E-state index contributed by atoms with van der Waals surface area (Å²) in [6.45, 7) is 2.36. The van der Waals surface area contributed by atoms with Crippen LogP contribution in [0.1, 0.15) is 6.92 Å². The molecule has 0 N–H and O–H groups in total. The van der Waals surface area contributed by atoms with Gasteiger partial charge in [-0.15, -0.1) is 0 Å². The summed E-state index contributed by atoms with van der Waals surface area (Å²) >= 11 is 0. The third-order valence-electron chi connectivity index (χ3n) is 0.402. The van der Waals surface area contributed by atoms with E-state index in [-0.39, 0.29) is 0 Å². The third kappa shape index (κ3) is 6.11. The molecule has 0 saturated heterocycles. The van der Waals surface area contributed by atoms with Crippen LogP contribution in [-0.4, -0.2) is 19.1 Å². The average Bonchev–Trinajstić information content (AvgIpc) is 1.30. The lowest BCUT2D eigenvalue weighted by Gasteiger charge is -1.93. The molecule has 0 unspecified atom stereocenters. The fraction of sp³-hybridized carbons (Fsp3) is 1.00.